The molecule has 2 aliphatic rings. The smallest absolute Gasteiger partial charge is 0.164 e. The molecule has 35 heavy (non-hydrogen) atoms. The van der Waals surface area contributed by atoms with E-state index in [2.05, 4.69) is 32.9 Å². The first-order valence-electron chi connectivity index (χ1n) is 13.0. The molecule has 1 saturated carbocycles. The molecule has 5 nitrogen and oxygen atoms in total. The molecule has 3 N–H and O–H groups in total. The van der Waals surface area contributed by atoms with Crippen LogP contribution in [0, 0.1) is 11.3 Å². The van der Waals surface area contributed by atoms with Crippen molar-refractivity contribution in [1.29, 1.82) is 0 Å². The normalized spacial score (nSPS) is 33.5. The summed E-state index contributed by atoms with van der Waals surface area (Å²) in [6.07, 6.45) is 14.5. The zero-order valence-electron chi connectivity index (χ0n) is 22.5. The van der Waals surface area contributed by atoms with E-state index in [0.29, 0.717) is 37.7 Å². The first-order chi connectivity index (χ1) is 16.5. The van der Waals surface area contributed by atoms with Crippen LogP contribution in [0.15, 0.2) is 58.2 Å². The maximum absolute atomic E-state index is 11.6. The fourth-order valence-corrected chi connectivity index (χ4v) is 5.80. The Morgan fingerprint density at radius 2 is 1.91 bits per heavy atom. The Balaban J connectivity index is 2.26. The third-order valence-electron chi connectivity index (χ3n) is 7.82. The number of allylic oxidation sites excluding steroid dienone is 9. The third kappa shape index (κ3) is 7.13. The number of carbonyl (C=O) groups is 1. The number of aldehydes is 1. The number of rotatable bonds is 10. The van der Waals surface area contributed by atoms with E-state index in [-0.39, 0.29) is 18.6 Å². The molecule has 1 aliphatic carbocycles. The molecule has 1 spiro atoms. The number of hydrogen-bond donors (Lipinski definition) is 3. The molecular formula is C30H46O5. The summed E-state index contributed by atoms with van der Waals surface area (Å²) in [7, 11) is 0. The van der Waals surface area contributed by atoms with Gasteiger partial charge in [-0.3, -0.25) is 4.79 Å². The number of aliphatic hydroxyl groups excluding tert-OH is 2. The quantitative estimate of drug-likeness (QED) is 0.159. The first kappa shape index (κ1) is 29.4. The predicted octanol–water partition coefficient (Wildman–Crippen LogP) is 5.72. The fourth-order valence-electron chi connectivity index (χ4n) is 5.80. The van der Waals surface area contributed by atoms with Gasteiger partial charge in [0.25, 0.3) is 0 Å². The summed E-state index contributed by atoms with van der Waals surface area (Å²) in [4.78, 5) is 11.6. The van der Waals surface area contributed by atoms with Crippen LogP contribution in [0.2, 0.25) is 0 Å². The molecule has 1 unspecified atom stereocenters. The zero-order chi connectivity index (χ0) is 26.2. The highest BCUT2D eigenvalue weighted by molar-refractivity contribution is 5.74. The van der Waals surface area contributed by atoms with Crippen LogP contribution in [0.25, 0.3) is 0 Å². The van der Waals surface area contributed by atoms with E-state index in [4.69, 9.17) is 4.74 Å². The second kappa shape index (κ2) is 13.0. The van der Waals surface area contributed by atoms with Crippen LogP contribution in [-0.2, 0) is 9.53 Å². The third-order valence-corrected chi connectivity index (χ3v) is 7.82. The molecule has 2 rings (SSSR count). The van der Waals surface area contributed by atoms with Gasteiger partial charge in [-0.1, -0.05) is 52.7 Å². The molecule has 1 heterocycles. The summed E-state index contributed by atoms with van der Waals surface area (Å²) in [5.74, 6) is -0.237. The Kier molecular flexibility index (Phi) is 10.9. The molecule has 0 bridgehead atoms. The van der Waals surface area contributed by atoms with Crippen molar-refractivity contribution >= 4 is 6.29 Å². The van der Waals surface area contributed by atoms with Crippen LogP contribution in [0.4, 0.5) is 0 Å². The van der Waals surface area contributed by atoms with Gasteiger partial charge >= 0.3 is 0 Å². The lowest BCUT2D eigenvalue weighted by Crippen LogP contribution is -2.58. The van der Waals surface area contributed by atoms with E-state index in [1.54, 1.807) is 13.8 Å². The van der Waals surface area contributed by atoms with Gasteiger partial charge in [-0.05, 0) is 98.0 Å². The number of carbonyl (C=O) groups excluding carboxylic acids is 1. The highest BCUT2D eigenvalue weighted by Gasteiger charge is 2.64. The molecule has 0 radical (unpaired) electrons. The lowest BCUT2D eigenvalue weighted by atomic mass is 9.53. The molecule has 0 aromatic heterocycles. The van der Waals surface area contributed by atoms with E-state index < -0.39 is 17.3 Å². The topological polar surface area (TPSA) is 87.0 Å². The summed E-state index contributed by atoms with van der Waals surface area (Å²) >= 11 is 0. The maximum Gasteiger partial charge on any atom is 0.164 e. The van der Waals surface area contributed by atoms with Crippen molar-refractivity contribution in [3.63, 3.8) is 0 Å². The van der Waals surface area contributed by atoms with E-state index in [0.717, 1.165) is 30.3 Å². The van der Waals surface area contributed by atoms with Crippen molar-refractivity contribution < 1.29 is 24.9 Å². The second-order valence-electron chi connectivity index (χ2n) is 10.9. The summed E-state index contributed by atoms with van der Waals surface area (Å²) in [6.45, 7) is 12.0. The highest BCUT2D eigenvalue weighted by atomic mass is 16.6. The van der Waals surface area contributed by atoms with E-state index >= 15 is 0 Å². The Hall–Kier alpha value is -1.79. The average molecular weight is 487 g/mol. The minimum atomic E-state index is -1.16. The van der Waals surface area contributed by atoms with Gasteiger partial charge in [-0.15, -0.1) is 0 Å². The predicted molar refractivity (Wildman–Crippen MR) is 142 cm³/mol. The van der Waals surface area contributed by atoms with E-state index in [9.17, 15) is 20.1 Å². The Morgan fingerprint density at radius 3 is 2.54 bits per heavy atom. The van der Waals surface area contributed by atoms with E-state index in [1.807, 2.05) is 25.2 Å². The molecule has 1 saturated heterocycles. The highest BCUT2D eigenvalue weighted by Crippen LogP contribution is 2.60. The van der Waals surface area contributed by atoms with Gasteiger partial charge in [-0.2, -0.15) is 0 Å². The van der Waals surface area contributed by atoms with Crippen molar-refractivity contribution in [2.75, 3.05) is 6.61 Å². The van der Waals surface area contributed by atoms with Gasteiger partial charge in [-0.25, -0.2) is 0 Å². The summed E-state index contributed by atoms with van der Waals surface area (Å²) in [5, 5.41) is 32.3. The first-order valence-corrected chi connectivity index (χ1v) is 13.0. The molecule has 1 aliphatic heterocycles. The minimum absolute atomic E-state index is 0.0214. The van der Waals surface area contributed by atoms with Gasteiger partial charge in [0, 0.05) is 6.61 Å². The van der Waals surface area contributed by atoms with Crippen molar-refractivity contribution in [3.8, 4) is 0 Å². The SMILES string of the molecule is CC(C)=CCC/C(C)=C/C=C/C(C)=C/[C@@H]1C[C@]2(C(O)O1)[C@H](CCCO)/C(=C(\C)C=O)CC[C@]2(C)O. The van der Waals surface area contributed by atoms with Gasteiger partial charge in [0.2, 0.25) is 0 Å². The largest absolute Gasteiger partial charge is 0.396 e. The lowest BCUT2D eigenvalue weighted by Gasteiger charge is -2.53. The average Bonchev–Trinajstić information content (AvgIpc) is 3.10. The Labute approximate surface area is 212 Å². The number of ether oxygens (including phenoxy) is 1. The molecule has 196 valence electrons. The van der Waals surface area contributed by atoms with Gasteiger partial charge in [0.05, 0.1) is 17.1 Å². The van der Waals surface area contributed by atoms with Crippen LogP contribution >= 0.6 is 0 Å². The molecule has 2 fully saturated rings. The number of aliphatic hydroxyl groups is 3. The monoisotopic (exact) mass is 486 g/mol. The van der Waals surface area contributed by atoms with Crippen LogP contribution in [-0.4, -0.2) is 46.2 Å². The zero-order valence-corrected chi connectivity index (χ0v) is 22.5. The molecule has 5 heteroatoms. The van der Waals surface area contributed by atoms with Crippen molar-refractivity contribution in [2.24, 2.45) is 11.3 Å². The van der Waals surface area contributed by atoms with Crippen molar-refractivity contribution in [2.45, 2.75) is 104 Å². The van der Waals surface area contributed by atoms with Crippen molar-refractivity contribution in [3.05, 3.63) is 58.2 Å². The fraction of sp³-hybridized carbons (Fsp3) is 0.633. The minimum Gasteiger partial charge on any atom is -0.396 e. The van der Waals surface area contributed by atoms with Crippen LogP contribution in [0.3, 0.4) is 0 Å². The van der Waals surface area contributed by atoms with Gasteiger partial charge in [0.1, 0.15) is 6.29 Å². The molecular weight excluding hydrogens is 440 g/mol. The standard InChI is InChI=1S/C30H46O5/c1-21(2)10-7-11-22(3)12-8-13-23(4)18-25-19-30(28(33)35-25)27(14-9-17-31)26(24(5)20-32)15-16-29(30,6)34/h8,10,12-13,18,20,25,27-28,31,33-34H,7,9,11,14-17,19H2,1-6H3/b13-8+,22-12+,23-18+,26-24+/t25-,27-,28?,29+,30-/m1/s1. The van der Waals surface area contributed by atoms with Crippen LogP contribution in [0.1, 0.15) is 86.5 Å². The van der Waals surface area contributed by atoms with Crippen LogP contribution < -0.4 is 0 Å². The van der Waals surface area contributed by atoms with Crippen molar-refractivity contribution in [1.82, 2.24) is 0 Å². The molecule has 0 aromatic carbocycles. The molecule has 0 amide bonds. The number of hydrogen-bond acceptors (Lipinski definition) is 5. The molecule has 5 atom stereocenters. The summed E-state index contributed by atoms with van der Waals surface area (Å²) in [6, 6.07) is 0. The second-order valence-corrected chi connectivity index (χ2v) is 10.9. The maximum atomic E-state index is 11.6. The Bertz CT molecular complexity index is 884. The summed E-state index contributed by atoms with van der Waals surface area (Å²) < 4.78 is 6.03. The van der Waals surface area contributed by atoms with E-state index in [1.165, 1.54) is 11.1 Å². The Morgan fingerprint density at radius 1 is 1.20 bits per heavy atom. The van der Waals surface area contributed by atoms with Gasteiger partial charge in [0.15, 0.2) is 6.29 Å². The molecule has 0 aromatic rings. The van der Waals surface area contributed by atoms with Gasteiger partial charge < -0.3 is 20.1 Å². The lowest BCUT2D eigenvalue weighted by molar-refractivity contribution is -0.219. The summed E-state index contributed by atoms with van der Waals surface area (Å²) in [5.41, 5.74) is 3.20. The van der Waals surface area contributed by atoms with Crippen LogP contribution in [0.5, 0.6) is 0 Å².